The van der Waals surface area contributed by atoms with Crippen LogP contribution in [0.15, 0.2) is 12.1 Å². The quantitative estimate of drug-likeness (QED) is 0.775. The lowest BCUT2D eigenvalue weighted by Gasteiger charge is -2.12. The topological polar surface area (TPSA) is 77.8 Å². The van der Waals surface area contributed by atoms with Gasteiger partial charge in [-0.25, -0.2) is 4.98 Å². The highest BCUT2D eigenvalue weighted by molar-refractivity contribution is 6.29. The molecule has 0 saturated carbocycles. The van der Waals surface area contributed by atoms with Crippen molar-refractivity contribution in [2.45, 2.75) is 13.0 Å². The van der Waals surface area contributed by atoms with Crippen molar-refractivity contribution in [2.24, 2.45) is 0 Å². The Morgan fingerprint density at radius 3 is 2.88 bits per heavy atom. The van der Waals surface area contributed by atoms with E-state index in [9.17, 15) is 4.79 Å². The van der Waals surface area contributed by atoms with Crippen molar-refractivity contribution < 1.29 is 4.79 Å². The summed E-state index contributed by atoms with van der Waals surface area (Å²) in [5.41, 5.74) is 0.395. The molecule has 0 aliphatic rings. The summed E-state index contributed by atoms with van der Waals surface area (Å²) >= 11 is 5.72. The third-order valence-corrected chi connectivity index (χ3v) is 2.12. The molecule has 0 bridgehead atoms. The monoisotopic (exact) mass is 238 g/mol. The fourth-order valence-corrected chi connectivity index (χ4v) is 1.35. The minimum atomic E-state index is -0.442. The number of hydrogen-bond acceptors (Lipinski definition) is 4. The Morgan fingerprint density at radius 2 is 2.31 bits per heavy atom. The molecule has 0 aliphatic carbocycles. The summed E-state index contributed by atoms with van der Waals surface area (Å²) in [7, 11) is 1.55. The van der Waals surface area contributed by atoms with Gasteiger partial charge in [0.15, 0.2) is 0 Å². The molecule has 0 spiro atoms. The van der Waals surface area contributed by atoms with Crippen LogP contribution in [-0.2, 0) is 4.79 Å². The standard InChI is InChI=1S/C10H11ClN4O/c1-6(10(16)13-2)14-9-4-7(5-12)3-8(11)15-9/h3-4,6H,1-2H3,(H,13,16)(H,14,15). The second kappa shape index (κ2) is 5.33. The van der Waals surface area contributed by atoms with Crippen LogP contribution in [0.4, 0.5) is 5.82 Å². The van der Waals surface area contributed by atoms with Gasteiger partial charge >= 0.3 is 0 Å². The molecule has 1 rings (SSSR count). The van der Waals surface area contributed by atoms with Gasteiger partial charge in [0.25, 0.3) is 0 Å². The molecule has 1 amide bonds. The summed E-state index contributed by atoms with van der Waals surface area (Å²) in [6.07, 6.45) is 0. The van der Waals surface area contributed by atoms with E-state index in [1.165, 1.54) is 12.1 Å². The molecule has 1 aromatic rings. The number of hydrogen-bond donors (Lipinski definition) is 2. The Balaban J connectivity index is 2.86. The lowest BCUT2D eigenvalue weighted by molar-refractivity contribution is -0.121. The summed E-state index contributed by atoms with van der Waals surface area (Å²) in [6.45, 7) is 1.69. The van der Waals surface area contributed by atoms with Gasteiger partial charge in [0.2, 0.25) is 5.91 Å². The Hall–Kier alpha value is -1.80. The van der Waals surface area contributed by atoms with E-state index < -0.39 is 6.04 Å². The van der Waals surface area contributed by atoms with Gasteiger partial charge in [0.1, 0.15) is 17.0 Å². The number of carbonyl (C=O) groups excluding carboxylic acids is 1. The summed E-state index contributed by atoms with van der Waals surface area (Å²) in [4.78, 5) is 15.2. The van der Waals surface area contributed by atoms with Crippen LogP contribution in [0.25, 0.3) is 0 Å². The van der Waals surface area contributed by atoms with E-state index >= 15 is 0 Å². The zero-order chi connectivity index (χ0) is 12.1. The van der Waals surface area contributed by atoms with E-state index in [2.05, 4.69) is 15.6 Å². The van der Waals surface area contributed by atoms with Crippen LogP contribution in [0.3, 0.4) is 0 Å². The highest BCUT2D eigenvalue weighted by Crippen LogP contribution is 2.14. The number of aromatic nitrogens is 1. The first-order valence-corrected chi connectivity index (χ1v) is 5.00. The van der Waals surface area contributed by atoms with Gasteiger partial charge in [0, 0.05) is 7.05 Å². The maximum Gasteiger partial charge on any atom is 0.241 e. The molecule has 0 fully saturated rings. The largest absolute Gasteiger partial charge is 0.359 e. The van der Waals surface area contributed by atoms with Crippen LogP contribution >= 0.6 is 11.6 Å². The van der Waals surface area contributed by atoms with E-state index in [1.807, 2.05) is 6.07 Å². The predicted molar refractivity (Wildman–Crippen MR) is 61.1 cm³/mol. The molecule has 0 aromatic carbocycles. The predicted octanol–water partition coefficient (Wildman–Crippen LogP) is 1.15. The first kappa shape index (κ1) is 12.3. The molecular formula is C10H11ClN4O. The van der Waals surface area contributed by atoms with E-state index in [0.717, 1.165) is 0 Å². The number of rotatable bonds is 3. The Labute approximate surface area is 98.4 Å². The summed E-state index contributed by atoms with van der Waals surface area (Å²) < 4.78 is 0. The first-order valence-electron chi connectivity index (χ1n) is 4.62. The second-order valence-electron chi connectivity index (χ2n) is 3.16. The fraction of sp³-hybridized carbons (Fsp3) is 0.300. The van der Waals surface area contributed by atoms with E-state index in [1.54, 1.807) is 14.0 Å². The molecule has 16 heavy (non-hydrogen) atoms. The van der Waals surface area contributed by atoms with Crippen LogP contribution in [0.2, 0.25) is 5.15 Å². The molecule has 0 aliphatic heterocycles. The van der Waals surface area contributed by atoms with Crippen molar-refractivity contribution in [3.63, 3.8) is 0 Å². The van der Waals surface area contributed by atoms with Gasteiger partial charge in [-0.1, -0.05) is 11.6 Å². The number of nitriles is 1. The van der Waals surface area contributed by atoms with Gasteiger partial charge in [-0.15, -0.1) is 0 Å². The van der Waals surface area contributed by atoms with Gasteiger partial charge in [-0.3, -0.25) is 4.79 Å². The smallest absolute Gasteiger partial charge is 0.241 e. The molecule has 0 saturated heterocycles. The number of likely N-dealkylation sites (N-methyl/N-ethyl adjacent to an activating group) is 1. The maximum atomic E-state index is 11.3. The van der Waals surface area contributed by atoms with Crippen molar-refractivity contribution in [2.75, 3.05) is 12.4 Å². The second-order valence-corrected chi connectivity index (χ2v) is 3.54. The van der Waals surface area contributed by atoms with Crippen LogP contribution in [0.1, 0.15) is 12.5 Å². The highest BCUT2D eigenvalue weighted by atomic mass is 35.5. The van der Waals surface area contributed by atoms with Gasteiger partial charge in [-0.2, -0.15) is 5.26 Å². The molecule has 1 heterocycles. The molecule has 1 unspecified atom stereocenters. The summed E-state index contributed by atoms with van der Waals surface area (Å²) in [5.74, 6) is 0.237. The van der Waals surface area contributed by atoms with E-state index in [-0.39, 0.29) is 11.1 Å². The zero-order valence-electron chi connectivity index (χ0n) is 8.91. The zero-order valence-corrected chi connectivity index (χ0v) is 9.67. The number of pyridine rings is 1. The number of carbonyl (C=O) groups is 1. The van der Waals surface area contributed by atoms with E-state index in [0.29, 0.717) is 11.4 Å². The van der Waals surface area contributed by atoms with Gasteiger partial charge in [0.05, 0.1) is 11.6 Å². The van der Waals surface area contributed by atoms with E-state index in [4.69, 9.17) is 16.9 Å². The molecule has 0 radical (unpaired) electrons. The molecule has 84 valence electrons. The van der Waals surface area contributed by atoms with Crippen LogP contribution in [0, 0.1) is 11.3 Å². The Kier molecular flexibility index (Phi) is 4.09. The van der Waals surface area contributed by atoms with Crippen LogP contribution in [-0.4, -0.2) is 24.0 Å². The number of amides is 1. The molecule has 2 N–H and O–H groups in total. The van der Waals surface area contributed by atoms with Crippen molar-refractivity contribution in [3.05, 3.63) is 22.8 Å². The molecular weight excluding hydrogens is 228 g/mol. The lowest BCUT2D eigenvalue weighted by Crippen LogP contribution is -2.35. The molecule has 1 atom stereocenters. The van der Waals surface area contributed by atoms with Gasteiger partial charge < -0.3 is 10.6 Å². The SMILES string of the molecule is CNC(=O)C(C)Nc1cc(C#N)cc(Cl)n1. The number of halogens is 1. The Morgan fingerprint density at radius 1 is 1.62 bits per heavy atom. The molecule has 1 aromatic heterocycles. The summed E-state index contributed by atoms with van der Waals surface area (Å²) in [6, 6.07) is 4.51. The summed E-state index contributed by atoms with van der Waals surface area (Å²) in [5, 5.41) is 14.3. The molecule has 5 nitrogen and oxygen atoms in total. The third-order valence-electron chi connectivity index (χ3n) is 1.93. The van der Waals surface area contributed by atoms with Crippen molar-refractivity contribution in [1.29, 1.82) is 5.26 Å². The Bertz CT molecular complexity index is 441. The lowest BCUT2D eigenvalue weighted by atomic mass is 10.2. The fourth-order valence-electron chi connectivity index (χ4n) is 1.14. The maximum absolute atomic E-state index is 11.3. The number of nitrogens with zero attached hydrogens (tertiary/aromatic N) is 2. The minimum absolute atomic E-state index is 0.166. The molecule has 6 heteroatoms. The van der Waals surface area contributed by atoms with Crippen molar-refractivity contribution in [3.8, 4) is 6.07 Å². The average molecular weight is 239 g/mol. The third kappa shape index (κ3) is 3.11. The number of nitrogens with one attached hydrogen (secondary N) is 2. The first-order chi connectivity index (χ1) is 7.56. The van der Waals surface area contributed by atoms with Crippen LogP contribution < -0.4 is 10.6 Å². The highest BCUT2D eigenvalue weighted by Gasteiger charge is 2.11. The minimum Gasteiger partial charge on any atom is -0.359 e. The number of anilines is 1. The van der Waals surface area contributed by atoms with Gasteiger partial charge in [-0.05, 0) is 19.1 Å². The van der Waals surface area contributed by atoms with Crippen LogP contribution in [0.5, 0.6) is 0 Å². The van der Waals surface area contributed by atoms with Crippen molar-refractivity contribution in [1.82, 2.24) is 10.3 Å². The average Bonchev–Trinajstić information content (AvgIpc) is 2.26. The van der Waals surface area contributed by atoms with Crippen molar-refractivity contribution >= 4 is 23.3 Å². The normalized spacial score (nSPS) is 11.4.